The number of nitrogen functional groups attached to an aromatic ring is 1. The summed E-state index contributed by atoms with van der Waals surface area (Å²) >= 11 is 3.37. The molecule has 0 saturated carbocycles. The maximum atomic E-state index is 12.1. The second-order valence-electron chi connectivity index (χ2n) is 4.36. The number of anilines is 2. The van der Waals surface area contributed by atoms with Crippen LogP contribution in [0, 0.1) is 13.8 Å². The first-order valence-electron chi connectivity index (χ1n) is 5.77. The third-order valence-electron chi connectivity index (χ3n) is 2.74. The monoisotopic (exact) mass is 319 g/mol. The van der Waals surface area contributed by atoms with Gasteiger partial charge in [0.05, 0.1) is 5.56 Å². The normalized spacial score (nSPS) is 10.3. The summed E-state index contributed by atoms with van der Waals surface area (Å²) in [6.07, 6.45) is 1.66. The fourth-order valence-corrected chi connectivity index (χ4v) is 1.87. The molecule has 0 radical (unpaired) electrons. The Morgan fingerprint density at radius 1 is 1.32 bits per heavy atom. The van der Waals surface area contributed by atoms with E-state index in [1.807, 2.05) is 19.9 Å². The SMILES string of the molecule is Cc1ccc(N)c(C(=O)Nc2cc(C)c(Br)cn2)c1. The van der Waals surface area contributed by atoms with Gasteiger partial charge in [-0.15, -0.1) is 0 Å². The quantitative estimate of drug-likeness (QED) is 0.834. The van der Waals surface area contributed by atoms with E-state index >= 15 is 0 Å². The Bertz CT molecular complexity index is 641. The van der Waals surface area contributed by atoms with Gasteiger partial charge in [0.15, 0.2) is 0 Å². The van der Waals surface area contributed by atoms with Gasteiger partial charge in [-0.1, -0.05) is 11.6 Å². The van der Waals surface area contributed by atoms with Gasteiger partial charge >= 0.3 is 0 Å². The van der Waals surface area contributed by atoms with Crippen LogP contribution in [0.2, 0.25) is 0 Å². The molecule has 0 saturated heterocycles. The number of carbonyl (C=O) groups is 1. The lowest BCUT2D eigenvalue weighted by atomic mass is 10.1. The fraction of sp³-hybridized carbons (Fsp3) is 0.143. The standard InChI is InChI=1S/C14H14BrN3O/c1-8-3-4-12(16)10(5-8)14(19)18-13-6-9(2)11(15)7-17-13/h3-7H,16H2,1-2H3,(H,17,18,19). The van der Waals surface area contributed by atoms with Crippen molar-refractivity contribution in [3.63, 3.8) is 0 Å². The van der Waals surface area contributed by atoms with E-state index in [0.29, 0.717) is 17.1 Å². The minimum atomic E-state index is -0.254. The van der Waals surface area contributed by atoms with E-state index in [2.05, 4.69) is 26.2 Å². The minimum absolute atomic E-state index is 0.254. The number of nitrogens with two attached hydrogens (primary N) is 1. The summed E-state index contributed by atoms with van der Waals surface area (Å²) in [7, 11) is 0. The Labute approximate surface area is 120 Å². The Balaban J connectivity index is 2.25. The van der Waals surface area contributed by atoms with Gasteiger partial charge < -0.3 is 11.1 Å². The molecule has 98 valence electrons. The van der Waals surface area contributed by atoms with E-state index in [1.54, 1.807) is 24.4 Å². The molecule has 2 rings (SSSR count). The highest BCUT2D eigenvalue weighted by Gasteiger charge is 2.11. The largest absolute Gasteiger partial charge is 0.398 e. The molecule has 5 heteroatoms. The lowest BCUT2D eigenvalue weighted by Gasteiger charge is -2.08. The van der Waals surface area contributed by atoms with Crippen LogP contribution < -0.4 is 11.1 Å². The van der Waals surface area contributed by atoms with E-state index in [4.69, 9.17) is 5.73 Å². The first-order valence-corrected chi connectivity index (χ1v) is 6.56. The predicted molar refractivity (Wildman–Crippen MR) is 80.2 cm³/mol. The maximum absolute atomic E-state index is 12.1. The van der Waals surface area contributed by atoms with Crippen LogP contribution in [0.15, 0.2) is 34.9 Å². The molecular weight excluding hydrogens is 306 g/mol. The van der Waals surface area contributed by atoms with Crippen LogP contribution in [0.5, 0.6) is 0 Å². The molecule has 0 spiro atoms. The number of hydrogen-bond donors (Lipinski definition) is 2. The Morgan fingerprint density at radius 3 is 2.74 bits per heavy atom. The molecule has 0 bridgehead atoms. The van der Waals surface area contributed by atoms with Gasteiger partial charge in [-0.05, 0) is 53.5 Å². The highest BCUT2D eigenvalue weighted by molar-refractivity contribution is 9.10. The first kappa shape index (κ1) is 13.5. The summed E-state index contributed by atoms with van der Waals surface area (Å²) in [5.41, 5.74) is 8.71. The van der Waals surface area contributed by atoms with Crippen molar-refractivity contribution in [2.75, 3.05) is 11.1 Å². The Hall–Kier alpha value is -1.88. The summed E-state index contributed by atoms with van der Waals surface area (Å²) in [6.45, 7) is 3.85. The molecule has 19 heavy (non-hydrogen) atoms. The van der Waals surface area contributed by atoms with Crippen molar-refractivity contribution in [2.45, 2.75) is 13.8 Å². The van der Waals surface area contributed by atoms with Crippen molar-refractivity contribution in [1.82, 2.24) is 4.98 Å². The van der Waals surface area contributed by atoms with Gasteiger partial charge in [-0.3, -0.25) is 4.79 Å². The van der Waals surface area contributed by atoms with Gasteiger partial charge in [0.25, 0.3) is 5.91 Å². The second kappa shape index (κ2) is 5.40. The molecule has 1 aromatic heterocycles. The number of hydrogen-bond acceptors (Lipinski definition) is 3. The summed E-state index contributed by atoms with van der Waals surface area (Å²) in [5, 5.41) is 2.74. The number of carbonyl (C=O) groups excluding carboxylic acids is 1. The summed E-state index contributed by atoms with van der Waals surface area (Å²) in [5.74, 6) is 0.252. The molecule has 0 fully saturated rings. The molecular formula is C14H14BrN3O. The zero-order valence-electron chi connectivity index (χ0n) is 10.7. The lowest BCUT2D eigenvalue weighted by molar-refractivity contribution is 0.102. The van der Waals surface area contributed by atoms with Crippen LogP contribution in [0.25, 0.3) is 0 Å². The average Bonchev–Trinajstić information content (AvgIpc) is 2.36. The number of nitrogens with one attached hydrogen (secondary N) is 1. The van der Waals surface area contributed by atoms with E-state index in [9.17, 15) is 4.79 Å². The molecule has 1 aromatic carbocycles. The summed E-state index contributed by atoms with van der Waals surface area (Å²) in [4.78, 5) is 16.3. The molecule has 0 unspecified atom stereocenters. The van der Waals surface area contributed by atoms with Crippen molar-refractivity contribution in [2.24, 2.45) is 0 Å². The zero-order chi connectivity index (χ0) is 14.0. The Kier molecular flexibility index (Phi) is 3.85. The molecule has 4 nitrogen and oxygen atoms in total. The third kappa shape index (κ3) is 3.12. The summed E-state index contributed by atoms with van der Waals surface area (Å²) in [6, 6.07) is 7.16. The predicted octanol–water partition coefficient (Wildman–Crippen LogP) is 3.30. The number of rotatable bonds is 2. The molecule has 0 aliphatic carbocycles. The van der Waals surface area contributed by atoms with Crippen molar-refractivity contribution < 1.29 is 4.79 Å². The lowest BCUT2D eigenvalue weighted by Crippen LogP contribution is -2.15. The van der Waals surface area contributed by atoms with Crippen LogP contribution in [0.1, 0.15) is 21.5 Å². The van der Waals surface area contributed by atoms with Crippen LogP contribution in [-0.2, 0) is 0 Å². The number of pyridine rings is 1. The van der Waals surface area contributed by atoms with Crippen LogP contribution in [0.3, 0.4) is 0 Å². The van der Waals surface area contributed by atoms with E-state index in [0.717, 1.165) is 15.6 Å². The highest BCUT2D eigenvalue weighted by atomic mass is 79.9. The number of aryl methyl sites for hydroxylation is 2. The van der Waals surface area contributed by atoms with Crippen molar-refractivity contribution in [3.8, 4) is 0 Å². The van der Waals surface area contributed by atoms with Crippen LogP contribution in [0.4, 0.5) is 11.5 Å². The molecule has 1 heterocycles. The first-order chi connectivity index (χ1) is 8.97. The van der Waals surface area contributed by atoms with Gasteiger partial charge in [-0.25, -0.2) is 4.98 Å². The minimum Gasteiger partial charge on any atom is -0.398 e. The number of nitrogens with zero attached hydrogens (tertiary/aromatic N) is 1. The van der Waals surface area contributed by atoms with Crippen molar-refractivity contribution >= 4 is 33.3 Å². The topological polar surface area (TPSA) is 68.0 Å². The van der Waals surface area contributed by atoms with E-state index < -0.39 is 0 Å². The molecule has 0 aliphatic rings. The van der Waals surface area contributed by atoms with Crippen molar-refractivity contribution in [3.05, 3.63) is 51.6 Å². The molecule has 1 amide bonds. The molecule has 2 aromatic rings. The number of benzene rings is 1. The van der Waals surface area contributed by atoms with E-state index in [1.165, 1.54) is 0 Å². The highest BCUT2D eigenvalue weighted by Crippen LogP contribution is 2.19. The second-order valence-corrected chi connectivity index (χ2v) is 5.22. The zero-order valence-corrected chi connectivity index (χ0v) is 12.3. The maximum Gasteiger partial charge on any atom is 0.258 e. The number of halogens is 1. The smallest absolute Gasteiger partial charge is 0.258 e. The van der Waals surface area contributed by atoms with Crippen LogP contribution >= 0.6 is 15.9 Å². The molecule has 0 atom stereocenters. The Morgan fingerprint density at radius 2 is 2.05 bits per heavy atom. The van der Waals surface area contributed by atoms with Gasteiger partial charge in [0.1, 0.15) is 5.82 Å². The van der Waals surface area contributed by atoms with E-state index in [-0.39, 0.29) is 5.91 Å². The summed E-state index contributed by atoms with van der Waals surface area (Å²) < 4.78 is 0.903. The van der Waals surface area contributed by atoms with Crippen molar-refractivity contribution in [1.29, 1.82) is 0 Å². The number of amides is 1. The van der Waals surface area contributed by atoms with Crippen LogP contribution in [-0.4, -0.2) is 10.9 Å². The van der Waals surface area contributed by atoms with Gasteiger partial charge in [-0.2, -0.15) is 0 Å². The molecule has 0 aliphatic heterocycles. The number of aromatic nitrogens is 1. The average molecular weight is 320 g/mol. The molecule has 3 N–H and O–H groups in total. The fourth-order valence-electron chi connectivity index (χ4n) is 1.66. The third-order valence-corrected chi connectivity index (χ3v) is 3.57. The van der Waals surface area contributed by atoms with Gasteiger partial charge in [0, 0.05) is 16.4 Å². The van der Waals surface area contributed by atoms with Gasteiger partial charge in [0.2, 0.25) is 0 Å².